The van der Waals surface area contributed by atoms with Gasteiger partial charge in [0.2, 0.25) is 0 Å². The Labute approximate surface area is 132 Å². The molecule has 0 aliphatic heterocycles. The van der Waals surface area contributed by atoms with Crippen LogP contribution in [-0.4, -0.2) is 24.2 Å². The monoisotopic (exact) mass is 380 g/mol. The lowest BCUT2D eigenvalue weighted by Crippen LogP contribution is -2.32. The van der Waals surface area contributed by atoms with Crippen molar-refractivity contribution in [2.45, 2.75) is 46.5 Å². The summed E-state index contributed by atoms with van der Waals surface area (Å²) in [7, 11) is 0. The van der Waals surface area contributed by atoms with Crippen LogP contribution < -0.4 is 11.1 Å². The van der Waals surface area contributed by atoms with Gasteiger partial charge >= 0.3 is 0 Å². The third kappa shape index (κ3) is 6.79. The topological polar surface area (TPSA) is 76.4 Å². The normalized spacial score (nSPS) is 11.2. The van der Waals surface area contributed by atoms with Crippen molar-refractivity contribution in [3.63, 3.8) is 0 Å². The molecule has 1 aromatic heterocycles. The van der Waals surface area contributed by atoms with Gasteiger partial charge in [-0.05, 0) is 33.1 Å². The average molecular weight is 380 g/mol. The maximum atomic E-state index is 5.74. The number of nitrogens with zero attached hydrogens (tertiary/aromatic N) is 2. The first kappa shape index (κ1) is 18.2. The summed E-state index contributed by atoms with van der Waals surface area (Å²) in [6.45, 7) is 7.69. The van der Waals surface area contributed by atoms with E-state index in [1.807, 2.05) is 13.8 Å². The van der Waals surface area contributed by atoms with Crippen molar-refractivity contribution < 1.29 is 4.52 Å². The Kier molecular flexibility index (Phi) is 9.63. The molecule has 0 unspecified atom stereocenters. The fraction of sp³-hybridized carbons (Fsp3) is 0.692. The van der Waals surface area contributed by atoms with Gasteiger partial charge in [0.1, 0.15) is 5.76 Å². The largest absolute Gasteiger partial charge is 0.370 e. The minimum Gasteiger partial charge on any atom is -0.370 e. The van der Waals surface area contributed by atoms with Gasteiger partial charge in [-0.2, -0.15) is 0 Å². The van der Waals surface area contributed by atoms with Crippen molar-refractivity contribution in [3.8, 4) is 0 Å². The predicted octanol–water partition coefficient (Wildman–Crippen LogP) is 2.55. The zero-order chi connectivity index (χ0) is 13.4. The Morgan fingerprint density at radius 3 is 2.68 bits per heavy atom. The molecule has 110 valence electrons. The van der Waals surface area contributed by atoms with Gasteiger partial charge in [-0.1, -0.05) is 18.5 Å². The van der Waals surface area contributed by atoms with E-state index in [0.29, 0.717) is 5.96 Å². The minimum atomic E-state index is 0. The van der Waals surface area contributed by atoms with Crippen molar-refractivity contribution in [3.05, 3.63) is 17.0 Å². The molecule has 0 aliphatic rings. The van der Waals surface area contributed by atoms with Crippen LogP contribution in [0.3, 0.4) is 0 Å². The summed E-state index contributed by atoms with van der Waals surface area (Å²) in [6, 6.07) is 0. The van der Waals surface area contributed by atoms with Gasteiger partial charge in [0.15, 0.2) is 5.96 Å². The van der Waals surface area contributed by atoms with Gasteiger partial charge in [-0.3, -0.25) is 4.99 Å². The van der Waals surface area contributed by atoms with E-state index in [1.165, 1.54) is 5.56 Å². The number of nitrogens with two attached hydrogens (primary N) is 1. The molecule has 0 bridgehead atoms. The highest BCUT2D eigenvalue weighted by atomic mass is 127. The van der Waals surface area contributed by atoms with Crippen molar-refractivity contribution in [2.24, 2.45) is 10.7 Å². The highest BCUT2D eigenvalue weighted by molar-refractivity contribution is 14.0. The number of guanidine groups is 1. The SMILES string of the molecule is CCCCNC(N)=NCCCc1c(C)noc1C.I. The Morgan fingerprint density at radius 2 is 2.11 bits per heavy atom. The van der Waals surface area contributed by atoms with E-state index in [-0.39, 0.29) is 24.0 Å². The van der Waals surface area contributed by atoms with Crippen molar-refractivity contribution in [1.82, 2.24) is 10.5 Å². The highest BCUT2D eigenvalue weighted by Crippen LogP contribution is 2.13. The number of aryl methyl sites for hydroxylation is 2. The van der Waals surface area contributed by atoms with Crippen LogP contribution in [0.5, 0.6) is 0 Å². The second-order valence-electron chi connectivity index (χ2n) is 4.45. The second kappa shape index (κ2) is 10.1. The molecule has 0 radical (unpaired) electrons. The summed E-state index contributed by atoms with van der Waals surface area (Å²) in [5.41, 5.74) is 7.92. The Bertz CT molecular complexity index is 370. The first-order chi connectivity index (χ1) is 8.65. The van der Waals surface area contributed by atoms with E-state index in [1.54, 1.807) is 0 Å². The highest BCUT2D eigenvalue weighted by Gasteiger charge is 2.07. The van der Waals surface area contributed by atoms with E-state index in [2.05, 4.69) is 22.4 Å². The predicted molar refractivity (Wildman–Crippen MR) is 89.1 cm³/mol. The molecule has 6 heteroatoms. The number of rotatable bonds is 7. The maximum Gasteiger partial charge on any atom is 0.188 e. The molecular formula is C13H25IN4O. The standard InChI is InChI=1S/C13H24N4O.HI/c1-4-5-8-15-13(14)16-9-6-7-12-10(2)17-18-11(12)3;/h4-9H2,1-3H3,(H3,14,15,16);1H. The molecule has 1 rings (SSSR count). The summed E-state index contributed by atoms with van der Waals surface area (Å²) in [5, 5.41) is 7.03. The van der Waals surface area contributed by atoms with Crippen LogP contribution in [0.2, 0.25) is 0 Å². The lowest BCUT2D eigenvalue weighted by atomic mass is 10.1. The first-order valence-electron chi connectivity index (χ1n) is 6.60. The second-order valence-corrected chi connectivity index (χ2v) is 4.45. The number of unbranched alkanes of at least 4 members (excludes halogenated alkanes) is 1. The fourth-order valence-electron chi connectivity index (χ4n) is 1.76. The van der Waals surface area contributed by atoms with Gasteiger partial charge in [0.05, 0.1) is 5.69 Å². The molecule has 19 heavy (non-hydrogen) atoms. The van der Waals surface area contributed by atoms with Crippen LogP contribution in [0.15, 0.2) is 9.52 Å². The molecule has 3 N–H and O–H groups in total. The van der Waals surface area contributed by atoms with Gasteiger partial charge in [0.25, 0.3) is 0 Å². The van der Waals surface area contributed by atoms with Crippen LogP contribution in [0.1, 0.15) is 43.2 Å². The zero-order valence-corrected chi connectivity index (χ0v) is 14.4. The molecule has 0 spiro atoms. The molecule has 0 aliphatic carbocycles. The maximum absolute atomic E-state index is 5.74. The first-order valence-corrected chi connectivity index (χ1v) is 6.60. The quantitative estimate of drug-likeness (QED) is 0.330. The fourth-order valence-corrected chi connectivity index (χ4v) is 1.76. The summed E-state index contributed by atoms with van der Waals surface area (Å²) in [6.07, 6.45) is 4.17. The number of hydrogen-bond donors (Lipinski definition) is 2. The average Bonchev–Trinajstić information content (AvgIpc) is 2.66. The number of aromatic nitrogens is 1. The zero-order valence-electron chi connectivity index (χ0n) is 12.0. The van der Waals surface area contributed by atoms with Crippen LogP contribution in [0, 0.1) is 13.8 Å². The van der Waals surface area contributed by atoms with Gasteiger partial charge in [0, 0.05) is 18.7 Å². The smallest absolute Gasteiger partial charge is 0.188 e. The van der Waals surface area contributed by atoms with Crippen LogP contribution in [-0.2, 0) is 6.42 Å². The summed E-state index contributed by atoms with van der Waals surface area (Å²) in [5.74, 6) is 1.45. The number of hydrogen-bond acceptors (Lipinski definition) is 3. The van der Waals surface area contributed by atoms with E-state index < -0.39 is 0 Å². The molecule has 0 atom stereocenters. The summed E-state index contributed by atoms with van der Waals surface area (Å²) >= 11 is 0. The molecule has 0 fully saturated rings. The summed E-state index contributed by atoms with van der Waals surface area (Å²) < 4.78 is 5.12. The molecule has 0 aromatic carbocycles. The van der Waals surface area contributed by atoms with Crippen LogP contribution >= 0.6 is 24.0 Å². The third-order valence-corrected chi connectivity index (χ3v) is 2.88. The van der Waals surface area contributed by atoms with Crippen LogP contribution in [0.25, 0.3) is 0 Å². The van der Waals surface area contributed by atoms with E-state index >= 15 is 0 Å². The molecule has 0 saturated carbocycles. The number of nitrogens with one attached hydrogen (secondary N) is 1. The Hall–Kier alpha value is -0.790. The summed E-state index contributed by atoms with van der Waals surface area (Å²) in [4.78, 5) is 4.29. The Morgan fingerprint density at radius 1 is 1.37 bits per heavy atom. The molecule has 1 aromatic rings. The van der Waals surface area contributed by atoms with Crippen molar-refractivity contribution >= 4 is 29.9 Å². The molecule has 1 heterocycles. The van der Waals surface area contributed by atoms with Gasteiger partial charge in [-0.25, -0.2) is 0 Å². The molecule has 0 saturated heterocycles. The van der Waals surface area contributed by atoms with E-state index in [4.69, 9.17) is 10.3 Å². The molecule has 5 nitrogen and oxygen atoms in total. The van der Waals surface area contributed by atoms with E-state index in [0.717, 1.165) is 50.2 Å². The van der Waals surface area contributed by atoms with Gasteiger partial charge < -0.3 is 15.6 Å². The minimum absolute atomic E-state index is 0. The lowest BCUT2D eigenvalue weighted by molar-refractivity contribution is 0.392. The van der Waals surface area contributed by atoms with Crippen LogP contribution in [0.4, 0.5) is 0 Å². The van der Waals surface area contributed by atoms with E-state index in [9.17, 15) is 0 Å². The number of aliphatic imine (C=N–C) groups is 1. The lowest BCUT2D eigenvalue weighted by Gasteiger charge is -2.04. The molecule has 0 amide bonds. The van der Waals surface area contributed by atoms with Crippen molar-refractivity contribution in [2.75, 3.05) is 13.1 Å². The number of halogens is 1. The third-order valence-electron chi connectivity index (χ3n) is 2.88. The Balaban J connectivity index is 0.00000324. The molecular weight excluding hydrogens is 355 g/mol. The van der Waals surface area contributed by atoms with Gasteiger partial charge in [-0.15, -0.1) is 24.0 Å². The van der Waals surface area contributed by atoms with Crippen molar-refractivity contribution in [1.29, 1.82) is 0 Å².